The van der Waals surface area contributed by atoms with Crippen molar-refractivity contribution in [1.29, 1.82) is 0 Å². The van der Waals surface area contributed by atoms with Gasteiger partial charge in [-0.3, -0.25) is 9.59 Å². The number of H-pyrrole nitrogens is 2. The highest BCUT2D eigenvalue weighted by Gasteiger charge is 2.19. The number of nitrogens with one attached hydrogen (secondary N) is 2. The van der Waals surface area contributed by atoms with Crippen LogP contribution in [-0.2, 0) is 0 Å². The van der Waals surface area contributed by atoms with Gasteiger partial charge in [-0.25, -0.2) is 0 Å². The Morgan fingerprint density at radius 2 is 2.10 bits per heavy atom. The summed E-state index contributed by atoms with van der Waals surface area (Å²) in [5.74, 6) is -0.912. The largest absolute Gasteiger partial charge is 0.359 e. The summed E-state index contributed by atoms with van der Waals surface area (Å²) >= 11 is 6.02. The van der Waals surface area contributed by atoms with Crippen molar-refractivity contribution in [3.05, 3.63) is 40.8 Å². The molecule has 100 valence electrons. The van der Waals surface area contributed by atoms with Crippen LogP contribution in [0.15, 0.2) is 24.4 Å². The van der Waals surface area contributed by atoms with Crippen LogP contribution in [0.5, 0.6) is 0 Å². The number of tetrazole rings is 1. The normalized spacial score (nSPS) is 10.8. The SMILES string of the molecule is O=C(CC(=O)c1c[nH]c2c(Cl)cccc12)c1nn[nH]n1. The number of rotatable bonds is 4. The summed E-state index contributed by atoms with van der Waals surface area (Å²) in [5.41, 5.74) is 1.09. The smallest absolute Gasteiger partial charge is 0.240 e. The number of aromatic amines is 2. The monoisotopic (exact) mass is 289 g/mol. The highest BCUT2D eigenvalue weighted by molar-refractivity contribution is 6.35. The molecule has 0 unspecified atom stereocenters. The lowest BCUT2D eigenvalue weighted by Crippen LogP contribution is -2.10. The molecule has 0 aliphatic heterocycles. The first-order valence-electron chi connectivity index (χ1n) is 5.72. The van der Waals surface area contributed by atoms with E-state index >= 15 is 0 Å². The number of ketones is 2. The maximum Gasteiger partial charge on any atom is 0.240 e. The predicted octanol–water partition coefficient (Wildman–Crippen LogP) is 1.79. The third-order valence-electron chi connectivity index (χ3n) is 2.88. The lowest BCUT2D eigenvalue weighted by molar-refractivity contribution is 0.0889. The molecule has 0 aliphatic carbocycles. The van der Waals surface area contributed by atoms with Crippen molar-refractivity contribution in [3.63, 3.8) is 0 Å². The zero-order chi connectivity index (χ0) is 14.1. The molecule has 8 heteroatoms. The number of benzene rings is 1. The van der Waals surface area contributed by atoms with Gasteiger partial charge >= 0.3 is 0 Å². The highest BCUT2D eigenvalue weighted by atomic mass is 35.5. The van der Waals surface area contributed by atoms with Crippen LogP contribution in [0, 0.1) is 0 Å². The Balaban J connectivity index is 1.90. The van der Waals surface area contributed by atoms with E-state index in [1.807, 2.05) is 0 Å². The molecular formula is C12H8ClN5O2. The van der Waals surface area contributed by atoms with Crippen LogP contribution in [0.4, 0.5) is 0 Å². The van der Waals surface area contributed by atoms with Gasteiger partial charge in [-0.15, -0.1) is 10.2 Å². The number of carbonyl (C=O) groups excluding carboxylic acids is 2. The third kappa shape index (κ3) is 2.08. The van der Waals surface area contributed by atoms with Crippen LogP contribution in [-0.4, -0.2) is 37.2 Å². The number of hydrogen-bond donors (Lipinski definition) is 2. The number of Topliss-reactive ketones (excluding diaryl/α,β-unsaturated/α-hetero) is 2. The fourth-order valence-corrected chi connectivity index (χ4v) is 2.18. The molecule has 2 heterocycles. The number of halogens is 1. The molecule has 0 spiro atoms. The minimum Gasteiger partial charge on any atom is -0.359 e. The second kappa shape index (κ2) is 4.86. The van der Waals surface area contributed by atoms with Crippen LogP contribution in [0.25, 0.3) is 10.9 Å². The zero-order valence-electron chi connectivity index (χ0n) is 10.1. The van der Waals surface area contributed by atoms with E-state index in [-0.39, 0.29) is 18.0 Å². The standard InChI is InChI=1S/C12H8ClN5O2/c13-8-3-1-2-6-7(5-14-11(6)8)9(19)4-10(20)12-15-17-18-16-12/h1-3,5,14H,4H2,(H,15,16,17,18). The van der Waals surface area contributed by atoms with Crippen LogP contribution in [0.1, 0.15) is 27.4 Å². The van der Waals surface area contributed by atoms with Gasteiger partial charge in [0.25, 0.3) is 0 Å². The second-order valence-electron chi connectivity index (χ2n) is 4.12. The fraction of sp³-hybridized carbons (Fsp3) is 0.0833. The summed E-state index contributed by atoms with van der Waals surface area (Å²) in [6.07, 6.45) is 1.22. The van der Waals surface area contributed by atoms with E-state index in [0.717, 1.165) is 0 Å². The van der Waals surface area contributed by atoms with Gasteiger partial charge in [0.15, 0.2) is 5.78 Å². The van der Waals surface area contributed by atoms with E-state index < -0.39 is 5.78 Å². The molecule has 0 fully saturated rings. The summed E-state index contributed by atoms with van der Waals surface area (Å²) in [6.45, 7) is 0. The van der Waals surface area contributed by atoms with Crippen molar-refractivity contribution in [2.24, 2.45) is 0 Å². The number of hydrogen-bond acceptors (Lipinski definition) is 5. The van der Waals surface area contributed by atoms with Crippen LogP contribution >= 0.6 is 11.6 Å². The zero-order valence-corrected chi connectivity index (χ0v) is 10.8. The van der Waals surface area contributed by atoms with Crippen LogP contribution in [0.2, 0.25) is 5.02 Å². The molecule has 0 amide bonds. The first kappa shape index (κ1) is 12.5. The minimum atomic E-state index is -0.486. The summed E-state index contributed by atoms with van der Waals surface area (Å²) in [6, 6.07) is 5.24. The van der Waals surface area contributed by atoms with Crippen molar-refractivity contribution >= 4 is 34.1 Å². The van der Waals surface area contributed by atoms with Gasteiger partial charge < -0.3 is 4.98 Å². The molecule has 3 rings (SSSR count). The molecule has 0 saturated heterocycles. The van der Waals surface area contributed by atoms with Crippen molar-refractivity contribution in [1.82, 2.24) is 25.6 Å². The quantitative estimate of drug-likeness (QED) is 0.563. The first-order valence-corrected chi connectivity index (χ1v) is 6.10. The van der Waals surface area contributed by atoms with Gasteiger partial charge in [0.05, 0.1) is 17.0 Å². The Bertz CT molecular complexity index is 793. The number of fused-ring (bicyclic) bond motifs is 1. The maximum atomic E-state index is 12.2. The van der Waals surface area contributed by atoms with Gasteiger partial charge in [-0.2, -0.15) is 5.21 Å². The van der Waals surface area contributed by atoms with Gasteiger partial charge in [-0.05, 0) is 11.3 Å². The molecule has 2 N–H and O–H groups in total. The van der Waals surface area contributed by atoms with Crippen LogP contribution < -0.4 is 0 Å². The van der Waals surface area contributed by atoms with E-state index in [1.165, 1.54) is 0 Å². The predicted molar refractivity (Wildman–Crippen MR) is 70.8 cm³/mol. The number of nitrogens with zero attached hydrogens (tertiary/aromatic N) is 3. The van der Waals surface area contributed by atoms with Crippen LogP contribution in [0.3, 0.4) is 0 Å². The molecule has 0 bridgehead atoms. The average molecular weight is 290 g/mol. The molecule has 0 aliphatic rings. The Hall–Kier alpha value is -2.54. The van der Waals surface area contributed by atoms with Gasteiger partial charge in [0.1, 0.15) is 0 Å². The lowest BCUT2D eigenvalue weighted by Gasteiger charge is -1.97. The van der Waals surface area contributed by atoms with Gasteiger partial charge in [0.2, 0.25) is 11.6 Å². The molecule has 2 aromatic heterocycles. The first-order chi connectivity index (χ1) is 9.66. The molecule has 0 radical (unpaired) electrons. The van der Waals surface area contributed by atoms with Crippen molar-refractivity contribution in [2.75, 3.05) is 0 Å². The van der Waals surface area contributed by atoms with E-state index in [9.17, 15) is 9.59 Å². The van der Waals surface area contributed by atoms with Gasteiger partial charge in [0, 0.05) is 17.1 Å². The number of aromatic nitrogens is 5. The van der Waals surface area contributed by atoms with E-state index in [1.54, 1.807) is 24.4 Å². The Morgan fingerprint density at radius 3 is 2.85 bits per heavy atom. The Labute approximate surface area is 117 Å². The third-order valence-corrected chi connectivity index (χ3v) is 3.20. The maximum absolute atomic E-state index is 12.2. The minimum absolute atomic E-state index is 0.101. The number of carbonyl (C=O) groups is 2. The molecule has 1 aromatic carbocycles. The second-order valence-corrected chi connectivity index (χ2v) is 4.53. The number of para-hydroxylation sites is 1. The van der Waals surface area contributed by atoms with E-state index in [4.69, 9.17) is 11.6 Å². The molecular weight excluding hydrogens is 282 g/mol. The van der Waals surface area contributed by atoms with Gasteiger partial charge in [-0.1, -0.05) is 23.7 Å². The van der Waals surface area contributed by atoms with Crippen molar-refractivity contribution in [3.8, 4) is 0 Å². The van der Waals surface area contributed by atoms with E-state index in [2.05, 4.69) is 25.6 Å². The highest BCUT2D eigenvalue weighted by Crippen LogP contribution is 2.26. The Kier molecular flexibility index (Phi) is 3.03. The molecule has 20 heavy (non-hydrogen) atoms. The van der Waals surface area contributed by atoms with Crippen molar-refractivity contribution < 1.29 is 9.59 Å². The van der Waals surface area contributed by atoms with Crippen molar-refractivity contribution in [2.45, 2.75) is 6.42 Å². The summed E-state index contributed by atoms with van der Waals surface area (Å²) < 4.78 is 0. The molecule has 7 nitrogen and oxygen atoms in total. The summed E-state index contributed by atoms with van der Waals surface area (Å²) in [5, 5.41) is 13.8. The lowest BCUT2D eigenvalue weighted by atomic mass is 10.0. The molecule has 0 saturated carbocycles. The summed E-state index contributed by atoms with van der Waals surface area (Å²) in [4.78, 5) is 26.9. The fourth-order valence-electron chi connectivity index (χ4n) is 1.95. The molecule has 3 aromatic rings. The summed E-state index contributed by atoms with van der Waals surface area (Å²) in [7, 11) is 0. The molecule has 0 atom stereocenters. The van der Waals surface area contributed by atoms with E-state index in [0.29, 0.717) is 21.5 Å². The topological polar surface area (TPSA) is 104 Å². The Morgan fingerprint density at radius 1 is 1.25 bits per heavy atom. The average Bonchev–Trinajstić information content (AvgIpc) is 3.08.